The molecular formula is C22H29N5O. The second-order valence-electron chi connectivity index (χ2n) is 9.25. The van der Waals surface area contributed by atoms with Gasteiger partial charge in [0.15, 0.2) is 0 Å². The van der Waals surface area contributed by atoms with Gasteiger partial charge in [-0.3, -0.25) is 4.57 Å². The van der Waals surface area contributed by atoms with E-state index in [1.54, 1.807) is 16.8 Å². The molecule has 3 aliphatic carbocycles. The SMILES string of the molecule is CN(C1CCc2cc(-n3ccc(N)nc3=O)ccc2C1)C1CC2(CC(N)C2)C1. The Kier molecular flexibility index (Phi) is 4.10. The van der Waals surface area contributed by atoms with Crippen LogP contribution in [0.25, 0.3) is 5.69 Å². The first-order valence-corrected chi connectivity index (χ1v) is 10.4. The van der Waals surface area contributed by atoms with E-state index in [1.165, 1.54) is 43.2 Å². The van der Waals surface area contributed by atoms with Crippen molar-refractivity contribution in [2.75, 3.05) is 12.8 Å². The first-order chi connectivity index (χ1) is 13.4. The zero-order chi connectivity index (χ0) is 19.5. The van der Waals surface area contributed by atoms with Crippen molar-refractivity contribution in [3.63, 3.8) is 0 Å². The van der Waals surface area contributed by atoms with Crippen LogP contribution in [-0.4, -0.2) is 39.6 Å². The molecule has 3 aliphatic rings. The van der Waals surface area contributed by atoms with E-state index in [1.807, 2.05) is 6.07 Å². The number of hydrogen-bond acceptors (Lipinski definition) is 5. The molecule has 2 saturated carbocycles. The lowest BCUT2D eigenvalue weighted by molar-refractivity contribution is -0.0706. The number of aryl methyl sites for hydroxylation is 1. The number of nitrogen functional groups attached to an aromatic ring is 1. The van der Waals surface area contributed by atoms with Gasteiger partial charge in [0.05, 0.1) is 5.69 Å². The Labute approximate surface area is 165 Å². The summed E-state index contributed by atoms with van der Waals surface area (Å²) in [4.78, 5) is 18.6. The summed E-state index contributed by atoms with van der Waals surface area (Å²) in [6, 6.07) is 9.78. The summed E-state index contributed by atoms with van der Waals surface area (Å²) in [5.41, 5.74) is 15.5. The van der Waals surface area contributed by atoms with E-state index in [9.17, 15) is 4.79 Å². The molecule has 4 N–H and O–H groups in total. The topological polar surface area (TPSA) is 90.2 Å². The van der Waals surface area contributed by atoms with Crippen molar-refractivity contribution in [1.82, 2.24) is 14.5 Å². The van der Waals surface area contributed by atoms with Crippen LogP contribution in [0.15, 0.2) is 35.3 Å². The molecule has 6 heteroatoms. The van der Waals surface area contributed by atoms with Crippen LogP contribution < -0.4 is 17.2 Å². The van der Waals surface area contributed by atoms with Crippen LogP contribution in [0.4, 0.5) is 5.82 Å². The molecule has 1 unspecified atom stereocenters. The molecule has 1 aromatic carbocycles. The first kappa shape index (κ1) is 17.9. The molecule has 0 aliphatic heterocycles. The number of hydrogen-bond donors (Lipinski definition) is 2. The Morgan fingerprint density at radius 3 is 2.64 bits per heavy atom. The molecule has 1 atom stereocenters. The molecule has 0 radical (unpaired) electrons. The van der Waals surface area contributed by atoms with E-state index >= 15 is 0 Å². The number of anilines is 1. The van der Waals surface area contributed by atoms with Crippen LogP contribution in [0, 0.1) is 5.41 Å². The quantitative estimate of drug-likeness (QED) is 0.850. The summed E-state index contributed by atoms with van der Waals surface area (Å²) in [5, 5.41) is 0. The normalized spacial score (nSPS) is 31.3. The van der Waals surface area contributed by atoms with Crippen LogP contribution in [0.3, 0.4) is 0 Å². The van der Waals surface area contributed by atoms with Gasteiger partial charge in [-0.1, -0.05) is 6.07 Å². The first-order valence-electron chi connectivity index (χ1n) is 10.4. The van der Waals surface area contributed by atoms with E-state index in [-0.39, 0.29) is 11.5 Å². The van der Waals surface area contributed by atoms with Gasteiger partial charge in [0.1, 0.15) is 5.82 Å². The zero-order valence-corrected chi connectivity index (χ0v) is 16.5. The lowest BCUT2D eigenvalue weighted by atomic mass is 9.52. The molecule has 1 heterocycles. The summed E-state index contributed by atoms with van der Waals surface area (Å²) >= 11 is 0. The van der Waals surface area contributed by atoms with Gasteiger partial charge < -0.3 is 16.4 Å². The van der Waals surface area contributed by atoms with Gasteiger partial charge in [-0.15, -0.1) is 0 Å². The molecule has 1 aromatic heterocycles. The van der Waals surface area contributed by atoms with E-state index in [0.29, 0.717) is 17.5 Å². The van der Waals surface area contributed by atoms with Gasteiger partial charge in [-0.2, -0.15) is 4.98 Å². The van der Waals surface area contributed by atoms with E-state index in [0.717, 1.165) is 24.6 Å². The molecule has 0 bridgehead atoms. The van der Waals surface area contributed by atoms with Crippen LogP contribution in [-0.2, 0) is 12.8 Å². The van der Waals surface area contributed by atoms with E-state index in [4.69, 9.17) is 11.5 Å². The van der Waals surface area contributed by atoms with Crippen molar-refractivity contribution in [3.05, 3.63) is 52.1 Å². The number of aromatic nitrogens is 2. The number of nitrogens with zero attached hydrogens (tertiary/aromatic N) is 3. The molecular weight excluding hydrogens is 350 g/mol. The predicted octanol–water partition coefficient (Wildman–Crippen LogP) is 1.87. The maximum absolute atomic E-state index is 12.1. The Balaban J connectivity index is 1.28. The van der Waals surface area contributed by atoms with E-state index in [2.05, 4.69) is 29.1 Å². The van der Waals surface area contributed by atoms with Crippen LogP contribution >= 0.6 is 0 Å². The third-order valence-electron chi connectivity index (χ3n) is 7.38. The maximum atomic E-state index is 12.1. The lowest BCUT2D eigenvalue weighted by Gasteiger charge is -2.60. The van der Waals surface area contributed by atoms with E-state index < -0.39 is 0 Å². The zero-order valence-electron chi connectivity index (χ0n) is 16.5. The molecule has 0 amide bonds. The molecule has 1 spiro atoms. The van der Waals surface area contributed by atoms with Gasteiger partial charge in [-0.25, -0.2) is 4.79 Å². The largest absolute Gasteiger partial charge is 0.383 e. The second-order valence-corrected chi connectivity index (χ2v) is 9.25. The molecule has 2 aromatic rings. The number of fused-ring (bicyclic) bond motifs is 1. The average Bonchev–Trinajstić information content (AvgIpc) is 2.62. The fraction of sp³-hybridized carbons (Fsp3) is 0.545. The molecule has 28 heavy (non-hydrogen) atoms. The molecule has 5 rings (SSSR count). The smallest absolute Gasteiger partial charge is 0.354 e. The fourth-order valence-electron chi connectivity index (χ4n) is 5.74. The summed E-state index contributed by atoms with van der Waals surface area (Å²) in [5.74, 6) is 0.256. The Morgan fingerprint density at radius 1 is 1.14 bits per heavy atom. The van der Waals surface area contributed by atoms with Gasteiger partial charge in [0.2, 0.25) is 0 Å². The fourth-order valence-corrected chi connectivity index (χ4v) is 5.74. The van der Waals surface area contributed by atoms with Gasteiger partial charge in [-0.05, 0) is 86.7 Å². The van der Waals surface area contributed by atoms with Gasteiger partial charge in [0, 0.05) is 24.3 Å². The van der Waals surface area contributed by atoms with Gasteiger partial charge in [0.25, 0.3) is 0 Å². The Hall–Kier alpha value is -2.18. The van der Waals surface area contributed by atoms with Crippen molar-refractivity contribution >= 4 is 5.82 Å². The highest BCUT2D eigenvalue weighted by molar-refractivity contribution is 5.43. The minimum absolute atomic E-state index is 0.256. The highest BCUT2D eigenvalue weighted by atomic mass is 16.1. The van der Waals surface area contributed by atoms with Gasteiger partial charge >= 0.3 is 5.69 Å². The second kappa shape index (κ2) is 6.42. The predicted molar refractivity (Wildman–Crippen MR) is 110 cm³/mol. The van der Waals surface area contributed by atoms with Crippen molar-refractivity contribution in [2.24, 2.45) is 11.1 Å². The molecule has 0 saturated heterocycles. The van der Waals surface area contributed by atoms with Crippen molar-refractivity contribution in [2.45, 2.75) is 63.1 Å². The highest BCUT2D eigenvalue weighted by Gasteiger charge is 2.53. The number of rotatable bonds is 3. The Morgan fingerprint density at radius 2 is 1.93 bits per heavy atom. The monoisotopic (exact) mass is 379 g/mol. The van der Waals surface area contributed by atoms with Crippen LogP contribution in [0.2, 0.25) is 0 Å². The molecule has 6 nitrogen and oxygen atoms in total. The summed E-state index contributed by atoms with van der Waals surface area (Å²) < 4.78 is 1.56. The van der Waals surface area contributed by atoms with Crippen LogP contribution in [0.5, 0.6) is 0 Å². The molecule has 148 valence electrons. The summed E-state index contributed by atoms with van der Waals surface area (Å²) in [7, 11) is 2.31. The van der Waals surface area contributed by atoms with Crippen molar-refractivity contribution in [1.29, 1.82) is 0 Å². The minimum Gasteiger partial charge on any atom is -0.383 e. The van der Waals surface area contributed by atoms with Crippen LogP contribution in [0.1, 0.15) is 43.2 Å². The number of nitrogens with two attached hydrogens (primary N) is 2. The number of benzene rings is 1. The third-order valence-corrected chi connectivity index (χ3v) is 7.38. The Bertz CT molecular complexity index is 954. The summed E-state index contributed by atoms with van der Waals surface area (Å²) in [6.07, 6.45) is 10.1. The third kappa shape index (κ3) is 2.95. The highest BCUT2D eigenvalue weighted by Crippen LogP contribution is 2.56. The maximum Gasteiger partial charge on any atom is 0.354 e. The molecule has 2 fully saturated rings. The van der Waals surface area contributed by atoms with Crippen molar-refractivity contribution in [3.8, 4) is 5.69 Å². The average molecular weight is 380 g/mol. The minimum atomic E-state index is -0.331. The summed E-state index contributed by atoms with van der Waals surface area (Å²) in [6.45, 7) is 0. The number of likely N-dealkylation sites (N-methyl/N-ethyl adjacent to an activating group) is 1. The lowest BCUT2D eigenvalue weighted by Crippen LogP contribution is -2.60. The van der Waals surface area contributed by atoms with Crippen molar-refractivity contribution < 1.29 is 0 Å². The standard InChI is InChI=1S/C22H29N5O/c1-26(19-12-22(13-19)10-16(23)11-22)17-4-2-15-9-18(5-3-14(15)8-17)27-7-6-20(24)25-21(27)28/h3,5-7,9,16-17,19H,2,4,8,10-13,23H2,1H3,(H2,24,25,28).